The number of rotatable bonds is 4. The number of aliphatic imine (C=N–C) groups is 1. The molecule has 2 fully saturated rings. The maximum Gasteiger partial charge on any atom is 0.0460 e. The molecule has 0 spiro atoms. The molecule has 0 atom stereocenters. The molecule has 3 rings (SSSR count). The molecule has 0 aromatic heterocycles. The first kappa shape index (κ1) is 12.7. The molecule has 19 heavy (non-hydrogen) atoms. The lowest BCUT2D eigenvalue weighted by molar-refractivity contribution is 0.957. The first-order chi connectivity index (χ1) is 9.19. The van der Waals surface area contributed by atoms with E-state index in [1.54, 1.807) is 11.1 Å². The van der Waals surface area contributed by atoms with Crippen LogP contribution in [0.3, 0.4) is 0 Å². The van der Waals surface area contributed by atoms with Crippen molar-refractivity contribution in [2.45, 2.75) is 46.0 Å². The Morgan fingerprint density at radius 2 is 1.95 bits per heavy atom. The van der Waals surface area contributed by atoms with Crippen LogP contribution in [-0.2, 0) is 0 Å². The van der Waals surface area contributed by atoms with Gasteiger partial charge in [0.25, 0.3) is 0 Å². The third kappa shape index (κ3) is 2.80. The Hall–Kier alpha value is -1.37. The van der Waals surface area contributed by atoms with E-state index in [9.17, 15) is 0 Å². The molecule has 0 unspecified atom stereocenters. The molecule has 2 saturated carbocycles. The van der Waals surface area contributed by atoms with Gasteiger partial charge in [-0.25, -0.2) is 0 Å². The van der Waals surface area contributed by atoms with Crippen LogP contribution in [0.5, 0.6) is 0 Å². The fourth-order valence-electron chi connectivity index (χ4n) is 2.90. The summed E-state index contributed by atoms with van der Waals surface area (Å²) < 4.78 is 0. The highest BCUT2D eigenvalue weighted by molar-refractivity contribution is 6.03. The second kappa shape index (κ2) is 4.96. The van der Waals surface area contributed by atoms with Crippen molar-refractivity contribution in [1.82, 2.24) is 0 Å². The molecule has 1 aromatic carbocycles. The minimum absolute atomic E-state index is 0.888. The van der Waals surface area contributed by atoms with Gasteiger partial charge >= 0.3 is 0 Å². The van der Waals surface area contributed by atoms with Gasteiger partial charge in [-0.1, -0.05) is 28.8 Å². The summed E-state index contributed by atoms with van der Waals surface area (Å²) in [5, 5.41) is 0. The summed E-state index contributed by atoms with van der Waals surface area (Å²) >= 11 is 0. The normalized spacial score (nSPS) is 18.7. The number of allylic oxidation sites excluding steroid dienone is 2. The van der Waals surface area contributed by atoms with Gasteiger partial charge in [0.05, 0.1) is 0 Å². The molecule has 0 aliphatic heterocycles. The van der Waals surface area contributed by atoms with Crippen LogP contribution in [0.1, 0.15) is 48.8 Å². The number of benzene rings is 1. The molecule has 100 valence electrons. The van der Waals surface area contributed by atoms with Crippen molar-refractivity contribution in [3.63, 3.8) is 0 Å². The van der Waals surface area contributed by atoms with Crippen molar-refractivity contribution >= 4 is 5.71 Å². The largest absolute Gasteiger partial charge is 0.292 e. The second-order valence-corrected chi connectivity index (χ2v) is 6.07. The zero-order valence-electron chi connectivity index (χ0n) is 12.3. The molecule has 1 aromatic rings. The number of nitrogens with zero attached hydrogens (tertiary/aromatic N) is 1. The Balaban J connectivity index is 1.89. The van der Waals surface area contributed by atoms with Crippen LogP contribution in [0.4, 0.5) is 0 Å². The summed E-state index contributed by atoms with van der Waals surface area (Å²) in [5.41, 5.74) is 8.76. The molecule has 2 aliphatic rings. The highest BCUT2D eigenvalue weighted by Gasteiger charge is 2.32. The molecule has 2 aliphatic carbocycles. The predicted octanol–water partition coefficient (Wildman–Crippen LogP) is 4.61. The van der Waals surface area contributed by atoms with Crippen molar-refractivity contribution in [1.29, 1.82) is 0 Å². The fraction of sp³-hybridized carbons (Fsp3) is 0.500. The van der Waals surface area contributed by atoms with Crippen LogP contribution >= 0.6 is 0 Å². The van der Waals surface area contributed by atoms with Gasteiger partial charge in [-0.3, -0.25) is 4.99 Å². The summed E-state index contributed by atoms with van der Waals surface area (Å²) in [6.45, 7) is 4.36. The number of hydrogen-bond acceptors (Lipinski definition) is 1. The Kier molecular flexibility index (Phi) is 3.30. The summed E-state index contributed by atoms with van der Waals surface area (Å²) in [5.74, 6) is 0.888. The van der Waals surface area contributed by atoms with Crippen molar-refractivity contribution in [3.8, 4) is 0 Å². The molecule has 1 heteroatoms. The molecule has 0 N–H and O–H groups in total. The van der Waals surface area contributed by atoms with Crippen LogP contribution in [0, 0.1) is 19.8 Å². The van der Waals surface area contributed by atoms with E-state index in [-0.39, 0.29) is 0 Å². The lowest BCUT2D eigenvalue weighted by Gasteiger charge is -2.13. The summed E-state index contributed by atoms with van der Waals surface area (Å²) in [7, 11) is 1.94. The van der Waals surface area contributed by atoms with Gasteiger partial charge < -0.3 is 0 Å². The number of aryl methyl sites for hydroxylation is 2. The van der Waals surface area contributed by atoms with Crippen LogP contribution in [0.15, 0.2) is 34.3 Å². The van der Waals surface area contributed by atoms with Crippen LogP contribution in [0.2, 0.25) is 0 Å². The molecule has 0 amide bonds. The van der Waals surface area contributed by atoms with Crippen molar-refractivity contribution in [2.24, 2.45) is 10.9 Å². The van der Waals surface area contributed by atoms with Gasteiger partial charge in [-0.15, -0.1) is 0 Å². The monoisotopic (exact) mass is 253 g/mol. The van der Waals surface area contributed by atoms with E-state index in [0.29, 0.717) is 0 Å². The average molecular weight is 253 g/mol. The van der Waals surface area contributed by atoms with Crippen LogP contribution < -0.4 is 0 Å². The summed E-state index contributed by atoms with van der Waals surface area (Å²) in [6.07, 6.45) is 6.58. The highest BCUT2D eigenvalue weighted by atomic mass is 14.7. The molecule has 0 saturated heterocycles. The van der Waals surface area contributed by atoms with Crippen LogP contribution in [-0.4, -0.2) is 12.8 Å². The third-order valence-corrected chi connectivity index (χ3v) is 4.36. The Labute approximate surface area is 116 Å². The summed E-state index contributed by atoms with van der Waals surface area (Å²) in [4.78, 5) is 4.60. The molecule has 0 heterocycles. The third-order valence-electron chi connectivity index (χ3n) is 4.36. The Morgan fingerprint density at radius 3 is 2.53 bits per heavy atom. The first-order valence-corrected chi connectivity index (χ1v) is 7.43. The van der Waals surface area contributed by atoms with Crippen LogP contribution in [0.25, 0.3) is 0 Å². The van der Waals surface area contributed by atoms with Crippen molar-refractivity contribution < 1.29 is 0 Å². The molecular formula is C18H23N. The van der Waals surface area contributed by atoms with E-state index in [4.69, 9.17) is 0 Å². The van der Waals surface area contributed by atoms with Crippen molar-refractivity contribution in [3.05, 3.63) is 46.0 Å². The summed E-state index contributed by atoms with van der Waals surface area (Å²) in [6, 6.07) is 6.70. The molecular weight excluding hydrogens is 230 g/mol. The zero-order chi connectivity index (χ0) is 13.4. The maximum absolute atomic E-state index is 4.60. The van der Waals surface area contributed by atoms with Gasteiger partial charge in [0.2, 0.25) is 0 Å². The first-order valence-electron chi connectivity index (χ1n) is 7.43. The van der Waals surface area contributed by atoms with Gasteiger partial charge in [0.15, 0.2) is 0 Å². The predicted molar refractivity (Wildman–Crippen MR) is 82.0 cm³/mol. The van der Waals surface area contributed by atoms with E-state index >= 15 is 0 Å². The molecule has 0 radical (unpaired) electrons. The quantitative estimate of drug-likeness (QED) is 0.549. The lowest BCUT2D eigenvalue weighted by atomic mass is 9.94. The minimum atomic E-state index is 0.888. The topological polar surface area (TPSA) is 12.4 Å². The molecule has 1 nitrogen and oxygen atoms in total. The average Bonchev–Trinajstić information content (AvgIpc) is 3.27. The smallest absolute Gasteiger partial charge is 0.0460 e. The van der Waals surface area contributed by atoms with E-state index in [1.807, 2.05) is 7.05 Å². The fourth-order valence-corrected chi connectivity index (χ4v) is 2.90. The number of hydrogen-bond donors (Lipinski definition) is 0. The van der Waals surface area contributed by atoms with E-state index in [0.717, 1.165) is 12.3 Å². The molecule has 0 bridgehead atoms. The second-order valence-electron chi connectivity index (χ2n) is 6.07. The Morgan fingerprint density at radius 1 is 1.21 bits per heavy atom. The van der Waals surface area contributed by atoms with Gasteiger partial charge in [0, 0.05) is 19.2 Å². The van der Waals surface area contributed by atoms with Gasteiger partial charge in [-0.05, 0) is 62.6 Å². The highest BCUT2D eigenvalue weighted by Crippen LogP contribution is 2.46. The lowest BCUT2D eigenvalue weighted by Crippen LogP contribution is -2.06. The standard InChI is InChI=1S/C18H23N/c1-12-4-5-13(2)16(10-12)18(19-3)11-17(14-6-7-14)15-8-9-15/h4-5,10,14H,6-9,11H2,1-3H3/b19-18-. The SMILES string of the molecule is C/N=C(/CC(=C1CC1)C1CC1)c1cc(C)ccc1C. The Bertz CT molecular complexity index is 553. The maximum atomic E-state index is 4.60. The van der Waals surface area contributed by atoms with E-state index < -0.39 is 0 Å². The van der Waals surface area contributed by atoms with Gasteiger partial charge in [0.1, 0.15) is 0 Å². The van der Waals surface area contributed by atoms with Crippen molar-refractivity contribution in [2.75, 3.05) is 7.05 Å². The minimum Gasteiger partial charge on any atom is -0.292 e. The van der Waals surface area contributed by atoms with E-state index in [2.05, 4.69) is 37.0 Å². The van der Waals surface area contributed by atoms with Gasteiger partial charge in [-0.2, -0.15) is 0 Å². The van der Waals surface area contributed by atoms with E-state index in [1.165, 1.54) is 48.1 Å². The zero-order valence-corrected chi connectivity index (χ0v) is 12.3.